The van der Waals surface area contributed by atoms with Crippen LogP contribution in [-0.4, -0.2) is 23.8 Å². The molecule has 2 heterocycles. The number of halogens is 2. The van der Waals surface area contributed by atoms with Gasteiger partial charge in [-0.3, -0.25) is 14.6 Å². The maximum absolute atomic E-state index is 12.8. The number of fused-ring (bicyclic) bond motifs is 1. The van der Waals surface area contributed by atoms with Crippen LogP contribution >= 0.6 is 23.2 Å². The molecule has 0 radical (unpaired) electrons. The quantitative estimate of drug-likeness (QED) is 0.689. The number of anilines is 1. The summed E-state index contributed by atoms with van der Waals surface area (Å²) in [7, 11) is 1.50. The summed E-state index contributed by atoms with van der Waals surface area (Å²) in [6.07, 6.45) is 2.89. The lowest BCUT2D eigenvalue weighted by Crippen LogP contribution is -2.13. The van der Waals surface area contributed by atoms with Crippen molar-refractivity contribution in [3.8, 4) is 5.75 Å². The van der Waals surface area contributed by atoms with Crippen LogP contribution in [0.1, 0.15) is 23.0 Å². The fourth-order valence-electron chi connectivity index (χ4n) is 2.55. The van der Waals surface area contributed by atoms with E-state index in [1.807, 2.05) is 0 Å². The Morgan fingerprint density at radius 1 is 1.23 bits per heavy atom. The van der Waals surface area contributed by atoms with Gasteiger partial charge in [-0.2, -0.15) is 0 Å². The number of hydrogen-bond acceptors (Lipinski definition) is 5. The Balaban J connectivity index is 2.05. The van der Waals surface area contributed by atoms with Crippen LogP contribution in [0.4, 0.5) is 5.69 Å². The van der Waals surface area contributed by atoms with Gasteiger partial charge in [0.25, 0.3) is 5.91 Å². The van der Waals surface area contributed by atoms with Gasteiger partial charge >= 0.3 is 0 Å². The second-order valence-electron chi connectivity index (χ2n) is 5.58. The van der Waals surface area contributed by atoms with Gasteiger partial charge in [0.05, 0.1) is 34.8 Å². The average molecular weight is 393 g/mol. The van der Waals surface area contributed by atoms with Crippen molar-refractivity contribution < 1.29 is 18.7 Å². The largest absolute Gasteiger partial charge is 0.493 e. The number of nitrogens with one attached hydrogen (secondary N) is 1. The third-order valence-electron chi connectivity index (χ3n) is 3.68. The molecule has 0 bridgehead atoms. The van der Waals surface area contributed by atoms with Crippen LogP contribution in [-0.2, 0) is 11.2 Å². The van der Waals surface area contributed by atoms with Gasteiger partial charge in [0.15, 0.2) is 11.3 Å². The van der Waals surface area contributed by atoms with Gasteiger partial charge in [-0.05, 0) is 25.1 Å². The maximum Gasteiger partial charge on any atom is 0.256 e. The van der Waals surface area contributed by atoms with Crippen molar-refractivity contribution in [3.05, 3.63) is 52.0 Å². The molecule has 26 heavy (non-hydrogen) atoms. The molecule has 1 N–H and O–H groups in total. The number of carbonyl (C=O) groups is 2. The summed E-state index contributed by atoms with van der Waals surface area (Å²) in [5.41, 5.74) is 0.997. The van der Waals surface area contributed by atoms with Crippen LogP contribution in [0.2, 0.25) is 10.0 Å². The Labute approximate surface area is 159 Å². The summed E-state index contributed by atoms with van der Waals surface area (Å²) in [5, 5.41) is 3.65. The number of rotatable bonds is 5. The molecule has 8 heteroatoms. The summed E-state index contributed by atoms with van der Waals surface area (Å²) in [4.78, 5) is 28.0. The highest BCUT2D eigenvalue weighted by atomic mass is 35.5. The molecule has 0 fully saturated rings. The minimum atomic E-state index is -0.428. The molecular weight excluding hydrogens is 379 g/mol. The van der Waals surface area contributed by atoms with Gasteiger partial charge in [-0.25, -0.2) is 0 Å². The SMILES string of the molecule is COc1ccc(C(=O)Nc2c(Cl)cncc2Cl)c2cc(CC(C)=O)oc12. The van der Waals surface area contributed by atoms with E-state index in [4.69, 9.17) is 32.4 Å². The predicted molar refractivity (Wildman–Crippen MR) is 99.4 cm³/mol. The average Bonchev–Trinajstić information content (AvgIpc) is 2.99. The molecule has 0 spiro atoms. The van der Waals surface area contributed by atoms with E-state index < -0.39 is 5.91 Å². The lowest BCUT2D eigenvalue weighted by molar-refractivity contribution is -0.116. The van der Waals surface area contributed by atoms with E-state index in [1.165, 1.54) is 26.4 Å². The van der Waals surface area contributed by atoms with E-state index in [2.05, 4.69) is 10.3 Å². The van der Waals surface area contributed by atoms with Crippen LogP contribution in [0.5, 0.6) is 5.75 Å². The van der Waals surface area contributed by atoms with Crippen LogP contribution in [0, 0.1) is 0 Å². The number of pyridine rings is 1. The normalized spacial score (nSPS) is 10.8. The second kappa shape index (κ2) is 7.35. The second-order valence-corrected chi connectivity index (χ2v) is 6.40. The fraction of sp³-hybridized carbons (Fsp3) is 0.167. The third-order valence-corrected chi connectivity index (χ3v) is 4.25. The number of ether oxygens (including phenoxy) is 1. The first kappa shape index (κ1) is 18.2. The number of methoxy groups -OCH3 is 1. The van der Waals surface area contributed by atoms with Gasteiger partial charge in [0, 0.05) is 17.8 Å². The van der Waals surface area contributed by atoms with Crippen LogP contribution in [0.25, 0.3) is 11.0 Å². The molecule has 3 rings (SSSR count). The van der Waals surface area contributed by atoms with E-state index in [0.29, 0.717) is 28.0 Å². The number of Topliss-reactive ketones (excluding diaryl/α,β-unsaturated/α-hetero) is 1. The molecule has 1 amide bonds. The molecule has 0 atom stereocenters. The lowest BCUT2D eigenvalue weighted by Gasteiger charge is -2.10. The first-order valence-electron chi connectivity index (χ1n) is 7.60. The number of nitrogens with zero attached hydrogens (tertiary/aromatic N) is 1. The molecule has 0 aliphatic rings. The van der Waals surface area contributed by atoms with Gasteiger partial charge in [0.2, 0.25) is 0 Å². The summed E-state index contributed by atoms with van der Waals surface area (Å²) < 4.78 is 11.0. The van der Waals surface area contributed by atoms with Crippen molar-refractivity contribution >= 4 is 51.5 Å². The Bertz CT molecular complexity index is 994. The number of ketones is 1. The van der Waals surface area contributed by atoms with E-state index in [1.54, 1.807) is 18.2 Å². The first-order chi connectivity index (χ1) is 12.4. The molecule has 3 aromatic rings. The number of aromatic nitrogens is 1. The molecule has 2 aromatic heterocycles. The van der Waals surface area contributed by atoms with Crippen molar-refractivity contribution in [1.82, 2.24) is 4.98 Å². The molecule has 1 aromatic carbocycles. The number of benzene rings is 1. The summed E-state index contributed by atoms with van der Waals surface area (Å²) >= 11 is 12.1. The number of hydrogen-bond donors (Lipinski definition) is 1. The zero-order valence-electron chi connectivity index (χ0n) is 13.9. The molecule has 0 unspecified atom stereocenters. The number of carbonyl (C=O) groups excluding carboxylic acids is 2. The molecule has 6 nitrogen and oxygen atoms in total. The number of amides is 1. The Morgan fingerprint density at radius 3 is 2.54 bits per heavy atom. The standard InChI is InChI=1S/C18H14Cl2N2O4/c1-9(23)5-10-6-12-11(3-4-15(25-2)17(12)26-10)18(24)22-16-13(19)7-21-8-14(16)20/h3-4,6-8H,5H2,1-2H3,(H,21,22,24). The van der Waals surface area contributed by atoms with Gasteiger partial charge < -0.3 is 14.5 Å². The Morgan fingerprint density at radius 2 is 1.92 bits per heavy atom. The minimum absolute atomic E-state index is 0.0515. The molecule has 0 saturated heterocycles. The molecule has 0 aliphatic carbocycles. The van der Waals surface area contributed by atoms with E-state index >= 15 is 0 Å². The first-order valence-corrected chi connectivity index (χ1v) is 8.35. The fourth-order valence-corrected chi connectivity index (χ4v) is 3.01. The summed E-state index contributed by atoms with van der Waals surface area (Å²) in [5.74, 6) is 0.435. The Hall–Kier alpha value is -2.57. The summed E-state index contributed by atoms with van der Waals surface area (Å²) in [6.45, 7) is 1.46. The summed E-state index contributed by atoms with van der Waals surface area (Å²) in [6, 6.07) is 4.88. The highest BCUT2D eigenvalue weighted by Gasteiger charge is 2.19. The zero-order valence-corrected chi connectivity index (χ0v) is 15.4. The van der Waals surface area contributed by atoms with Gasteiger partial charge in [-0.1, -0.05) is 23.2 Å². The topological polar surface area (TPSA) is 81.4 Å². The predicted octanol–water partition coefficient (Wildman–Crippen LogP) is 4.53. The van der Waals surface area contributed by atoms with Gasteiger partial charge in [-0.15, -0.1) is 0 Å². The minimum Gasteiger partial charge on any atom is -0.493 e. The van der Waals surface area contributed by atoms with Crippen molar-refractivity contribution in [2.45, 2.75) is 13.3 Å². The monoisotopic (exact) mass is 392 g/mol. The van der Waals surface area contributed by atoms with Crippen LogP contribution < -0.4 is 10.1 Å². The molecule has 0 aliphatic heterocycles. The van der Waals surface area contributed by atoms with Crippen molar-refractivity contribution in [1.29, 1.82) is 0 Å². The van der Waals surface area contributed by atoms with Crippen molar-refractivity contribution in [2.75, 3.05) is 12.4 Å². The highest BCUT2D eigenvalue weighted by Crippen LogP contribution is 2.34. The highest BCUT2D eigenvalue weighted by molar-refractivity contribution is 6.39. The van der Waals surface area contributed by atoms with E-state index in [-0.39, 0.29) is 27.9 Å². The van der Waals surface area contributed by atoms with E-state index in [0.717, 1.165) is 0 Å². The van der Waals surface area contributed by atoms with E-state index in [9.17, 15) is 9.59 Å². The molecular formula is C18H14Cl2N2O4. The molecule has 134 valence electrons. The smallest absolute Gasteiger partial charge is 0.256 e. The Kier molecular flexibility index (Phi) is 5.15. The molecule has 0 saturated carbocycles. The zero-order chi connectivity index (χ0) is 18.8. The third kappa shape index (κ3) is 3.52. The maximum atomic E-state index is 12.8. The lowest BCUT2D eigenvalue weighted by atomic mass is 10.1. The van der Waals surface area contributed by atoms with Gasteiger partial charge in [0.1, 0.15) is 11.5 Å². The van der Waals surface area contributed by atoms with Crippen molar-refractivity contribution in [2.24, 2.45) is 0 Å². The van der Waals surface area contributed by atoms with Crippen LogP contribution in [0.3, 0.4) is 0 Å². The van der Waals surface area contributed by atoms with Crippen LogP contribution in [0.15, 0.2) is 35.0 Å². The van der Waals surface area contributed by atoms with Crippen molar-refractivity contribution in [3.63, 3.8) is 0 Å². The number of furan rings is 1.